The van der Waals surface area contributed by atoms with Crippen LogP contribution in [0, 0.1) is 12.7 Å². The molecule has 3 rings (SSSR count). The molecule has 0 bridgehead atoms. The lowest BCUT2D eigenvalue weighted by Gasteiger charge is -2.10. The number of hydrogen-bond donors (Lipinski definition) is 2. The molecule has 1 aliphatic carbocycles. The van der Waals surface area contributed by atoms with Gasteiger partial charge in [0.2, 0.25) is 0 Å². The molecule has 1 fully saturated rings. The standard InChI is InChI=1S/C17H15FN2O3/c1-9-13(15-5-2-10(8-19-15)17(22)23)6-11(7-14(9)18)16(21)20-12-3-4-12/h2,5-8,12H,3-4H2,1H3,(H,20,21)(H,22,23). The van der Waals surface area contributed by atoms with Gasteiger partial charge in [0.25, 0.3) is 5.91 Å². The number of benzene rings is 1. The lowest BCUT2D eigenvalue weighted by atomic mass is 10.00. The molecule has 0 radical (unpaired) electrons. The average molecular weight is 314 g/mol. The van der Waals surface area contributed by atoms with Gasteiger partial charge < -0.3 is 10.4 Å². The van der Waals surface area contributed by atoms with Gasteiger partial charge in [0, 0.05) is 23.4 Å². The lowest BCUT2D eigenvalue weighted by Crippen LogP contribution is -2.25. The first kappa shape index (κ1) is 15.1. The van der Waals surface area contributed by atoms with E-state index in [0.717, 1.165) is 12.8 Å². The maximum atomic E-state index is 14.1. The van der Waals surface area contributed by atoms with Crippen LogP contribution in [0.25, 0.3) is 11.3 Å². The summed E-state index contributed by atoms with van der Waals surface area (Å²) in [6.07, 6.45) is 3.11. The first-order valence-corrected chi connectivity index (χ1v) is 7.26. The molecule has 1 amide bonds. The zero-order valence-corrected chi connectivity index (χ0v) is 12.5. The molecule has 2 N–H and O–H groups in total. The Morgan fingerprint density at radius 1 is 1.26 bits per heavy atom. The van der Waals surface area contributed by atoms with Crippen LogP contribution in [0.15, 0.2) is 30.5 Å². The number of rotatable bonds is 4. The van der Waals surface area contributed by atoms with E-state index in [1.165, 1.54) is 24.4 Å². The molecule has 1 aromatic heterocycles. The van der Waals surface area contributed by atoms with Crippen LogP contribution < -0.4 is 5.32 Å². The summed E-state index contributed by atoms with van der Waals surface area (Å²) in [6, 6.07) is 5.89. The van der Waals surface area contributed by atoms with Crippen LogP contribution in [0.2, 0.25) is 0 Å². The number of hydrogen-bond acceptors (Lipinski definition) is 3. The fourth-order valence-corrected chi connectivity index (χ4v) is 2.25. The van der Waals surface area contributed by atoms with Crippen LogP contribution in [0.5, 0.6) is 0 Å². The summed E-state index contributed by atoms with van der Waals surface area (Å²) in [6.45, 7) is 1.60. The zero-order valence-electron chi connectivity index (χ0n) is 12.5. The summed E-state index contributed by atoms with van der Waals surface area (Å²) in [5.41, 5.74) is 1.55. The van der Waals surface area contributed by atoms with E-state index < -0.39 is 11.8 Å². The van der Waals surface area contributed by atoms with Gasteiger partial charge >= 0.3 is 5.97 Å². The molecule has 0 aliphatic heterocycles. The van der Waals surface area contributed by atoms with Crippen LogP contribution in [0.4, 0.5) is 4.39 Å². The number of nitrogens with one attached hydrogen (secondary N) is 1. The molecule has 2 aromatic rings. The van der Waals surface area contributed by atoms with Gasteiger partial charge in [-0.15, -0.1) is 0 Å². The minimum atomic E-state index is -1.08. The van der Waals surface area contributed by atoms with Crippen molar-refractivity contribution in [2.24, 2.45) is 0 Å². The van der Waals surface area contributed by atoms with Gasteiger partial charge in [0.05, 0.1) is 11.3 Å². The van der Waals surface area contributed by atoms with E-state index in [0.29, 0.717) is 16.8 Å². The van der Waals surface area contributed by atoms with Crippen LogP contribution in [-0.4, -0.2) is 28.0 Å². The smallest absolute Gasteiger partial charge is 0.337 e. The topological polar surface area (TPSA) is 79.3 Å². The van der Waals surface area contributed by atoms with E-state index in [-0.39, 0.29) is 23.1 Å². The second-order valence-electron chi connectivity index (χ2n) is 5.62. The van der Waals surface area contributed by atoms with Crippen LogP contribution in [0.1, 0.15) is 39.1 Å². The number of carboxylic acids is 1. The van der Waals surface area contributed by atoms with Crippen molar-refractivity contribution >= 4 is 11.9 Å². The summed E-state index contributed by atoms with van der Waals surface area (Å²) in [7, 11) is 0. The third-order valence-corrected chi connectivity index (χ3v) is 3.81. The van der Waals surface area contributed by atoms with E-state index in [9.17, 15) is 14.0 Å². The molecule has 1 aromatic carbocycles. The molecule has 0 spiro atoms. The highest BCUT2D eigenvalue weighted by molar-refractivity contribution is 5.96. The number of aromatic nitrogens is 1. The third-order valence-electron chi connectivity index (χ3n) is 3.81. The number of amides is 1. The van der Waals surface area contributed by atoms with Gasteiger partial charge in [-0.3, -0.25) is 9.78 Å². The number of halogens is 1. The first-order valence-electron chi connectivity index (χ1n) is 7.26. The summed E-state index contributed by atoms with van der Waals surface area (Å²) in [4.78, 5) is 27.0. The van der Waals surface area contributed by atoms with Crippen molar-refractivity contribution in [1.82, 2.24) is 10.3 Å². The van der Waals surface area contributed by atoms with E-state index in [1.807, 2.05) is 0 Å². The predicted molar refractivity (Wildman–Crippen MR) is 81.8 cm³/mol. The lowest BCUT2D eigenvalue weighted by molar-refractivity contribution is 0.0696. The van der Waals surface area contributed by atoms with Crippen molar-refractivity contribution in [3.63, 3.8) is 0 Å². The number of carboxylic acid groups (broad SMARTS) is 1. The van der Waals surface area contributed by atoms with E-state index in [4.69, 9.17) is 5.11 Å². The Labute approximate surface area is 132 Å². The summed E-state index contributed by atoms with van der Waals surface area (Å²) < 4.78 is 14.1. The fourth-order valence-electron chi connectivity index (χ4n) is 2.25. The number of aromatic carboxylic acids is 1. The molecule has 5 nitrogen and oxygen atoms in total. The van der Waals surface area contributed by atoms with Crippen LogP contribution in [0.3, 0.4) is 0 Å². The Morgan fingerprint density at radius 2 is 2.00 bits per heavy atom. The highest BCUT2D eigenvalue weighted by Crippen LogP contribution is 2.26. The Bertz CT molecular complexity index is 783. The molecule has 1 saturated carbocycles. The zero-order chi connectivity index (χ0) is 16.6. The van der Waals surface area contributed by atoms with Crippen molar-refractivity contribution in [3.8, 4) is 11.3 Å². The minimum Gasteiger partial charge on any atom is -0.478 e. The molecule has 1 aliphatic rings. The third kappa shape index (κ3) is 3.21. The maximum absolute atomic E-state index is 14.1. The van der Waals surface area contributed by atoms with Gasteiger partial charge in [-0.25, -0.2) is 9.18 Å². The van der Waals surface area contributed by atoms with Gasteiger partial charge in [-0.05, 0) is 49.6 Å². The van der Waals surface area contributed by atoms with Gasteiger partial charge in [0.1, 0.15) is 5.82 Å². The van der Waals surface area contributed by atoms with Crippen molar-refractivity contribution in [3.05, 3.63) is 53.0 Å². The van der Waals surface area contributed by atoms with E-state index >= 15 is 0 Å². The molecule has 118 valence electrons. The number of carbonyl (C=O) groups excluding carboxylic acids is 1. The Hall–Kier alpha value is -2.76. The molecule has 23 heavy (non-hydrogen) atoms. The van der Waals surface area contributed by atoms with Crippen LogP contribution >= 0.6 is 0 Å². The Kier molecular flexibility index (Phi) is 3.82. The van der Waals surface area contributed by atoms with Crippen molar-refractivity contribution < 1.29 is 19.1 Å². The van der Waals surface area contributed by atoms with Crippen molar-refractivity contribution in [1.29, 1.82) is 0 Å². The monoisotopic (exact) mass is 314 g/mol. The molecule has 1 heterocycles. The second kappa shape index (κ2) is 5.79. The maximum Gasteiger partial charge on any atom is 0.337 e. The summed E-state index contributed by atoms with van der Waals surface area (Å²) >= 11 is 0. The van der Waals surface area contributed by atoms with E-state index in [1.54, 1.807) is 13.0 Å². The highest BCUT2D eigenvalue weighted by atomic mass is 19.1. The van der Waals surface area contributed by atoms with Gasteiger partial charge in [0.15, 0.2) is 0 Å². The minimum absolute atomic E-state index is 0.0505. The van der Waals surface area contributed by atoms with Crippen LogP contribution in [-0.2, 0) is 0 Å². The molecule has 0 unspecified atom stereocenters. The number of nitrogens with zero attached hydrogens (tertiary/aromatic N) is 1. The number of carbonyl (C=O) groups is 2. The first-order chi connectivity index (χ1) is 11.0. The molecule has 6 heteroatoms. The predicted octanol–water partition coefficient (Wildman–Crippen LogP) is 2.79. The number of pyridine rings is 1. The van der Waals surface area contributed by atoms with Gasteiger partial charge in [-0.2, -0.15) is 0 Å². The fraction of sp³-hybridized carbons (Fsp3) is 0.235. The molecule has 0 atom stereocenters. The largest absolute Gasteiger partial charge is 0.478 e. The molecular weight excluding hydrogens is 299 g/mol. The Morgan fingerprint density at radius 3 is 2.57 bits per heavy atom. The van der Waals surface area contributed by atoms with E-state index in [2.05, 4.69) is 10.3 Å². The molecular formula is C17H15FN2O3. The summed E-state index contributed by atoms with van der Waals surface area (Å²) in [5, 5.41) is 11.7. The normalized spacial score (nSPS) is 13.7. The average Bonchev–Trinajstić information content (AvgIpc) is 3.34. The molecule has 0 saturated heterocycles. The quantitative estimate of drug-likeness (QED) is 0.909. The summed E-state index contributed by atoms with van der Waals surface area (Å²) in [5.74, 6) is -1.88. The second-order valence-corrected chi connectivity index (χ2v) is 5.62. The van der Waals surface area contributed by atoms with Crippen molar-refractivity contribution in [2.75, 3.05) is 0 Å². The SMILES string of the molecule is Cc1c(F)cc(C(=O)NC2CC2)cc1-c1ccc(C(=O)O)cn1. The Balaban J connectivity index is 1.98. The van der Waals surface area contributed by atoms with Gasteiger partial charge in [-0.1, -0.05) is 0 Å². The van der Waals surface area contributed by atoms with Crippen molar-refractivity contribution in [2.45, 2.75) is 25.8 Å². The highest BCUT2D eigenvalue weighted by Gasteiger charge is 2.24.